The van der Waals surface area contributed by atoms with Crippen LogP contribution in [0.1, 0.15) is 38.0 Å². The van der Waals surface area contributed by atoms with Crippen LogP contribution in [0.4, 0.5) is 10.9 Å². The van der Waals surface area contributed by atoms with E-state index in [0.717, 1.165) is 23.3 Å². The summed E-state index contributed by atoms with van der Waals surface area (Å²) < 4.78 is 11.9. The third-order valence-electron chi connectivity index (χ3n) is 4.34. The van der Waals surface area contributed by atoms with Gasteiger partial charge < -0.3 is 20.2 Å². The first-order valence-corrected chi connectivity index (χ1v) is 13.1. The lowest BCUT2D eigenvalue weighted by Gasteiger charge is -2.19. The summed E-state index contributed by atoms with van der Waals surface area (Å²) in [6.07, 6.45) is 0.733. The van der Waals surface area contributed by atoms with Gasteiger partial charge in [-0.25, -0.2) is 14.5 Å². The van der Waals surface area contributed by atoms with E-state index in [4.69, 9.17) is 0 Å². The van der Waals surface area contributed by atoms with Gasteiger partial charge in [0.25, 0.3) is 0 Å². The standard InChI is InChI=1S/C19H26N5O4PS2/c1-11(2)9-14(10-25)20-16-15-17(23-19(31-15)24-29(26,27)28)22-18(21-16)30-12(3)13-7-5-4-6-8-13/h4-8,11-12,14,25H,9-10H2,1-3H3,(H4,20,21,22,23,24,26,27,28)/t12-,14+/m0/s1. The van der Waals surface area contributed by atoms with Gasteiger partial charge in [-0.05, 0) is 24.8 Å². The number of aromatic nitrogens is 3. The number of benzene rings is 1. The second-order valence-corrected chi connectivity index (χ2v) is 11.1. The van der Waals surface area contributed by atoms with Crippen LogP contribution in [-0.4, -0.2) is 42.5 Å². The zero-order valence-electron chi connectivity index (χ0n) is 17.4. The van der Waals surface area contributed by atoms with Crippen molar-refractivity contribution in [2.45, 2.75) is 43.6 Å². The topological polar surface area (TPSA) is 140 Å². The average molecular weight is 484 g/mol. The molecule has 31 heavy (non-hydrogen) atoms. The summed E-state index contributed by atoms with van der Waals surface area (Å²) in [4.78, 5) is 31.8. The molecule has 168 valence electrons. The highest BCUT2D eigenvalue weighted by Gasteiger charge is 2.21. The van der Waals surface area contributed by atoms with Crippen molar-refractivity contribution in [1.29, 1.82) is 0 Å². The third-order valence-corrected chi connectivity index (χ3v) is 6.98. The molecule has 0 radical (unpaired) electrons. The molecule has 2 atom stereocenters. The summed E-state index contributed by atoms with van der Waals surface area (Å²) in [5.74, 6) is 0.853. The fourth-order valence-electron chi connectivity index (χ4n) is 3.02. The molecule has 0 spiro atoms. The highest BCUT2D eigenvalue weighted by molar-refractivity contribution is 7.99. The van der Waals surface area contributed by atoms with E-state index in [1.807, 2.05) is 30.3 Å². The number of nitrogens with zero attached hydrogens (tertiary/aromatic N) is 3. The minimum Gasteiger partial charge on any atom is -0.394 e. The second-order valence-electron chi connectivity index (χ2n) is 7.51. The molecule has 2 heterocycles. The van der Waals surface area contributed by atoms with Gasteiger partial charge in [0.05, 0.1) is 12.6 Å². The molecule has 3 rings (SSSR count). The lowest BCUT2D eigenvalue weighted by molar-refractivity contribution is 0.259. The molecule has 0 amide bonds. The highest BCUT2D eigenvalue weighted by Crippen LogP contribution is 2.41. The van der Waals surface area contributed by atoms with Crippen LogP contribution in [0.15, 0.2) is 35.5 Å². The second kappa shape index (κ2) is 10.2. The van der Waals surface area contributed by atoms with Crippen LogP contribution in [-0.2, 0) is 4.57 Å². The van der Waals surface area contributed by atoms with Crippen LogP contribution < -0.4 is 10.4 Å². The Morgan fingerprint density at radius 3 is 2.45 bits per heavy atom. The lowest BCUT2D eigenvalue weighted by atomic mass is 10.0. The molecule has 0 saturated heterocycles. The van der Waals surface area contributed by atoms with Crippen LogP contribution in [0.5, 0.6) is 0 Å². The van der Waals surface area contributed by atoms with E-state index in [-0.39, 0.29) is 23.0 Å². The molecular weight excluding hydrogens is 457 g/mol. The Hall–Kier alpha value is -1.75. The molecule has 12 heteroatoms. The largest absolute Gasteiger partial charge is 0.429 e. The summed E-state index contributed by atoms with van der Waals surface area (Å²) in [7, 11) is -4.50. The number of aliphatic hydroxyl groups is 1. The van der Waals surface area contributed by atoms with Crippen molar-refractivity contribution in [3.05, 3.63) is 35.9 Å². The molecule has 0 saturated carbocycles. The summed E-state index contributed by atoms with van der Waals surface area (Å²) in [6, 6.07) is 9.75. The predicted molar refractivity (Wildman–Crippen MR) is 126 cm³/mol. The van der Waals surface area contributed by atoms with Crippen LogP contribution in [0, 0.1) is 5.92 Å². The molecule has 3 aromatic rings. The Kier molecular flexibility index (Phi) is 7.90. The number of hydrogen-bond donors (Lipinski definition) is 5. The van der Waals surface area contributed by atoms with E-state index in [1.54, 1.807) is 0 Å². The maximum Gasteiger partial charge on any atom is 0.429 e. The van der Waals surface area contributed by atoms with E-state index in [0.29, 0.717) is 27.2 Å². The van der Waals surface area contributed by atoms with Gasteiger partial charge in [-0.15, -0.1) is 0 Å². The van der Waals surface area contributed by atoms with E-state index in [1.165, 1.54) is 11.8 Å². The zero-order chi connectivity index (χ0) is 22.6. The number of thiazole rings is 1. The number of thioether (sulfide) groups is 1. The molecule has 0 bridgehead atoms. The van der Waals surface area contributed by atoms with Gasteiger partial charge in [0.1, 0.15) is 4.70 Å². The van der Waals surface area contributed by atoms with Gasteiger partial charge in [0.15, 0.2) is 21.8 Å². The predicted octanol–water partition coefficient (Wildman–Crippen LogP) is 4.26. The van der Waals surface area contributed by atoms with E-state index < -0.39 is 7.75 Å². The van der Waals surface area contributed by atoms with Crippen molar-refractivity contribution in [1.82, 2.24) is 15.0 Å². The number of rotatable bonds is 10. The summed E-state index contributed by atoms with van der Waals surface area (Å²) >= 11 is 2.52. The van der Waals surface area contributed by atoms with Gasteiger partial charge >= 0.3 is 7.75 Å². The highest BCUT2D eigenvalue weighted by atomic mass is 32.2. The van der Waals surface area contributed by atoms with Crippen LogP contribution in [0.25, 0.3) is 10.3 Å². The van der Waals surface area contributed by atoms with Crippen molar-refractivity contribution in [2.24, 2.45) is 5.92 Å². The van der Waals surface area contributed by atoms with Gasteiger partial charge in [-0.3, -0.25) is 5.09 Å². The monoisotopic (exact) mass is 483 g/mol. The van der Waals surface area contributed by atoms with Crippen LogP contribution in [0.3, 0.4) is 0 Å². The third kappa shape index (κ3) is 6.86. The molecular formula is C19H26N5O4PS2. The summed E-state index contributed by atoms with van der Waals surface area (Å²) in [5.41, 5.74) is 1.46. The maximum atomic E-state index is 11.3. The molecule has 9 nitrogen and oxygen atoms in total. The number of fused-ring (bicyclic) bond motifs is 1. The Morgan fingerprint density at radius 2 is 1.84 bits per heavy atom. The maximum absolute atomic E-state index is 11.3. The number of hydrogen-bond acceptors (Lipinski definition) is 8. The number of aliphatic hydroxyl groups excluding tert-OH is 1. The van der Waals surface area contributed by atoms with E-state index in [2.05, 4.69) is 46.1 Å². The van der Waals surface area contributed by atoms with Crippen molar-refractivity contribution < 1.29 is 19.5 Å². The molecule has 1 aromatic carbocycles. The average Bonchev–Trinajstić information content (AvgIpc) is 3.08. The van der Waals surface area contributed by atoms with Gasteiger partial charge in [-0.1, -0.05) is 67.3 Å². The van der Waals surface area contributed by atoms with Gasteiger partial charge in [0, 0.05) is 5.25 Å². The Balaban J connectivity index is 1.97. The number of anilines is 2. The molecule has 0 fully saturated rings. The lowest BCUT2D eigenvalue weighted by Crippen LogP contribution is -2.26. The quantitative estimate of drug-likeness (QED) is 0.161. The SMILES string of the molecule is CC(C)C[C@H](CO)Nc1nc(S[C@@H](C)c2ccccc2)nc2nc(NP(=O)(O)O)sc12. The zero-order valence-corrected chi connectivity index (χ0v) is 19.9. The Bertz CT molecular complexity index is 1060. The smallest absolute Gasteiger partial charge is 0.394 e. The molecule has 0 unspecified atom stereocenters. The van der Waals surface area contributed by atoms with Crippen molar-refractivity contribution in [3.8, 4) is 0 Å². The van der Waals surface area contributed by atoms with Crippen molar-refractivity contribution >= 4 is 52.1 Å². The summed E-state index contributed by atoms with van der Waals surface area (Å²) in [6.45, 7) is 6.12. The number of nitrogens with one attached hydrogen (secondary N) is 2. The first-order valence-electron chi connectivity index (χ1n) is 9.76. The Morgan fingerprint density at radius 1 is 1.13 bits per heavy atom. The summed E-state index contributed by atoms with van der Waals surface area (Å²) in [5, 5.41) is 15.8. The minimum absolute atomic E-state index is 0.0587. The fraction of sp³-hybridized carbons (Fsp3) is 0.421. The molecule has 0 aliphatic rings. The van der Waals surface area contributed by atoms with Crippen molar-refractivity contribution in [3.63, 3.8) is 0 Å². The van der Waals surface area contributed by atoms with E-state index in [9.17, 15) is 19.5 Å². The fourth-order valence-corrected chi connectivity index (χ4v) is 5.46. The van der Waals surface area contributed by atoms with Gasteiger partial charge in [0.2, 0.25) is 0 Å². The molecule has 2 aromatic heterocycles. The molecule has 0 aliphatic carbocycles. The minimum atomic E-state index is -4.50. The normalized spacial score (nSPS) is 14.0. The first-order chi connectivity index (χ1) is 14.6. The van der Waals surface area contributed by atoms with E-state index >= 15 is 0 Å². The van der Waals surface area contributed by atoms with Crippen LogP contribution in [0.2, 0.25) is 0 Å². The van der Waals surface area contributed by atoms with Crippen LogP contribution >= 0.6 is 30.8 Å². The molecule has 5 N–H and O–H groups in total. The Labute approximate surface area is 189 Å². The van der Waals surface area contributed by atoms with Crippen molar-refractivity contribution in [2.75, 3.05) is 17.0 Å². The van der Waals surface area contributed by atoms with Gasteiger partial charge in [-0.2, -0.15) is 4.98 Å². The molecule has 0 aliphatic heterocycles. The first kappa shape index (κ1) is 23.9.